The van der Waals surface area contributed by atoms with Crippen LogP contribution in [0.25, 0.3) is 0 Å². The average molecular weight is 324 g/mol. The predicted octanol–water partition coefficient (Wildman–Crippen LogP) is -30.0. The molecule has 10 heteroatoms. The topological polar surface area (TPSA) is 0 Å². The molecule has 0 bridgehead atoms. The van der Waals surface area contributed by atoms with Gasteiger partial charge < -0.3 is 62.0 Å². The molecule has 0 saturated heterocycles. The van der Waals surface area contributed by atoms with Crippen LogP contribution < -0.4 is 253 Å². The van der Waals surface area contributed by atoms with E-state index in [-0.39, 0.29) is 253 Å². The standard InChI is InChI=1S/5ClH.2K.3Na/h5*1H;;;;;/q;;;;;5*+1/p-5. The van der Waals surface area contributed by atoms with Gasteiger partial charge in [-0.3, -0.25) is 0 Å². The molecular weight excluding hydrogens is 324 g/mol. The molecule has 0 spiro atoms. The minimum atomic E-state index is 0. The Morgan fingerprint density at radius 2 is 0.300 bits per heavy atom. The van der Waals surface area contributed by atoms with E-state index in [9.17, 15) is 0 Å². The zero-order valence-corrected chi connectivity index (χ0v) is 22.9. The Kier molecular flexibility index (Phi) is 576. The Bertz CT molecular complexity index is 14.9. The van der Waals surface area contributed by atoms with Crippen LogP contribution in [0.15, 0.2) is 0 Å². The molecule has 0 aromatic heterocycles. The first-order chi connectivity index (χ1) is 0. The van der Waals surface area contributed by atoms with Gasteiger partial charge in [0.25, 0.3) is 0 Å². The molecule has 0 amide bonds. The van der Waals surface area contributed by atoms with Crippen LogP contribution in [0.1, 0.15) is 0 Å². The van der Waals surface area contributed by atoms with Crippen LogP contribution in [0.2, 0.25) is 0 Å². The largest absolute Gasteiger partial charge is 1.00 e. The summed E-state index contributed by atoms with van der Waals surface area (Å²) in [7, 11) is 0. The molecule has 0 radical (unpaired) electrons. The first-order valence-electron chi connectivity index (χ1n) is 0. The van der Waals surface area contributed by atoms with Crippen molar-refractivity contribution in [3.63, 3.8) is 0 Å². The summed E-state index contributed by atoms with van der Waals surface area (Å²) in [6, 6.07) is 0. The zero-order chi connectivity index (χ0) is 0. The molecule has 0 unspecified atom stereocenters. The van der Waals surface area contributed by atoms with Crippen LogP contribution in [0.5, 0.6) is 0 Å². The number of halogens is 5. The van der Waals surface area contributed by atoms with E-state index in [1.165, 1.54) is 0 Å². The molecule has 0 rings (SSSR count). The van der Waals surface area contributed by atoms with E-state index in [0.29, 0.717) is 0 Å². The minimum absolute atomic E-state index is 0. The Hall–Kier alpha value is 7.72. The third-order valence-corrected chi connectivity index (χ3v) is 0. The van der Waals surface area contributed by atoms with Crippen molar-refractivity contribution in [1.82, 2.24) is 0 Å². The Morgan fingerprint density at radius 3 is 0.300 bits per heavy atom. The van der Waals surface area contributed by atoms with Crippen LogP contribution in [0.3, 0.4) is 0 Å². The van der Waals surface area contributed by atoms with Crippen LogP contribution in [-0.4, -0.2) is 0 Å². The molecule has 0 aliphatic carbocycles. The number of hydrogen-bond acceptors (Lipinski definition) is 0. The summed E-state index contributed by atoms with van der Waals surface area (Å²) in [6.45, 7) is 0. The van der Waals surface area contributed by atoms with E-state index in [0.717, 1.165) is 0 Å². The number of rotatable bonds is 0. The van der Waals surface area contributed by atoms with Gasteiger partial charge in [-0.2, -0.15) is 0 Å². The summed E-state index contributed by atoms with van der Waals surface area (Å²) in [5.74, 6) is 0. The summed E-state index contributed by atoms with van der Waals surface area (Å²) < 4.78 is 0. The fourth-order valence-corrected chi connectivity index (χ4v) is 0. The maximum absolute atomic E-state index is 0. The normalized spacial score (nSPS) is 0. The minimum Gasteiger partial charge on any atom is -1.00 e. The molecule has 0 heterocycles. The fourth-order valence-electron chi connectivity index (χ4n) is 0. The first kappa shape index (κ1) is 83.1. The molecule has 10 heavy (non-hydrogen) atoms. The van der Waals surface area contributed by atoms with E-state index >= 15 is 0 Å². The molecular formula is Cl5K2Na3. The smallest absolute Gasteiger partial charge is 1.00 e. The Morgan fingerprint density at radius 1 is 0.300 bits per heavy atom. The van der Waals surface area contributed by atoms with Gasteiger partial charge in [-0.15, -0.1) is 0 Å². The van der Waals surface area contributed by atoms with Crippen LogP contribution >= 0.6 is 0 Å². The van der Waals surface area contributed by atoms with Crippen LogP contribution in [0.4, 0.5) is 0 Å². The molecule has 0 N–H and O–H groups in total. The molecule has 0 fully saturated rings. The molecule has 0 aromatic carbocycles. The maximum atomic E-state index is 0. The average Bonchev–Trinajstić information content (AvgIpc) is 0. The van der Waals surface area contributed by atoms with E-state index in [1.807, 2.05) is 0 Å². The van der Waals surface area contributed by atoms with Crippen molar-refractivity contribution in [2.75, 3.05) is 0 Å². The van der Waals surface area contributed by atoms with Crippen molar-refractivity contribution in [2.24, 2.45) is 0 Å². The zero-order valence-electron chi connectivity index (χ0n) is 6.89. The van der Waals surface area contributed by atoms with Gasteiger partial charge in [0, 0.05) is 0 Å². The SMILES string of the molecule is [Cl-].[Cl-].[Cl-].[Cl-].[Cl-].[K+].[K+].[Na+].[Na+].[Na+]. The van der Waals surface area contributed by atoms with Gasteiger partial charge in [-0.25, -0.2) is 0 Å². The summed E-state index contributed by atoms with van der Waals surface area (Å²) in [4.78, 5) is 0. The second-order valence-corrected chi connectivity index (χ2v) is 0. The summed E-state index contributed by atoms with van der Waals surface area (Å²) in [5, 5.41) is 0. The van der Waals surface area contributed by atoms with Gasteiger partial charge in [0.1, 0.15) is 0 Å². The molecule has 40 valence electrons. The monoisotopic (exact) mass is 322 g/mol. The molecule has 0 aliphatic heterocycles. The Balaban J connectivity index is 0. The molecule has 0 aromatic rings. The third-order valence-electron chi connectivity index (χ3n) is 0. The maximum Gasteiger partial charge on any atom is 1.00 e. The van der Waals surface area contributed by atoms with Crippen molar-refractivity contribution >= 4 is 0 Å². The van der Waals surface area contributed by atoms with E-state index < -0.39 is 0 Å². The van der Waals surface area contributed by atoms with Gasteiger partial charge in [0.05, 0.1) is 0 Å². The van der Waals surface area contributed by atoms with Gasteiger partial charge in [0.15, 0.2) is 0 Å². The number of hydrogen-bond donors (Lipinski definition) is 0. The van der Waals surface area contributed by atoms with Gasteiger partial charge in [-0.1, -0.05) is 0 Å². The van der Waals surface area contributed by atoms with E-state index in [4.69, 9.17) is 0 Å². The van der Waals surface area contributed by atoms with Crippen molar-refractivity contribution in [1.29, 1.82) is 0 Å². The van der Waals surface area contributed by atoms with E-state index in [1.54, 1.807) is 0 Å². The quantitative estimate of drug-likeness (QED) is 0.388. The molecule has 0 atom stereocenters. The predicted molar refractivity (Wildman–Crippen MR) is 0 cm³/mol. The van der Waals surface area contributed by atoms with Crippen molar-refractivity contribution in [3.8, 4) is 0 Å². The van der Waals surface area contributed by atoms with Gasteiger partial charge in [-0.05, 0) is 0 Å². The second-order valence-electron chi connectivity index (χ2n) is 0. The second kappa shape index (κ2) is 69.3. The van der Waals surface area contributed by atoms with Crippen LogP contribution in [-0.2, 0) is 0 Å². The van der Waals surface area contributed by atoms with Crippen molar-refractivity contribution in [3.05, 3.63) is 0 Å². The van der Waals surface area contributed by atoms with Crippen LogP contribution in [0, 0.1) is 0 Å². The van der Waals surface area contributed by atoms with Crippen molar-refractivity contribution < 1.29 is 253 Å². The summed E-state index contributed by atoms with van der Waals surface area (Å²) >= 11 is 0. The van der Waals surface area contributed by atoms with Gasteiger partial charge >= 0.3 is 191 Å². The fraction of sp³-hybridized carbons (Fsp3) is 0. The molecule has 0 saturated carbocycles. The summed E-state index contributed by atoms with van der Waals surface area (Å²) in [5.41, 5.74) is 0. The molecule has 0 nitrogen and oxygen atoms in total. The third kappa shape index (κ3) is 57.1. The summed E-state index contributed by atoms with van der Waals surface area (Å²) in [6.07, 6.45) is 0. The Labute approximate surface area is 245 Å². The molecule has 0 aliphatic rings. The van der Waals surface area contributed by atoms with Gasteiger partial charge in [0.2, 0.25) is 0 Å². The first-order valence-corrected chi connectivity index (χ1v) is 0. The van der Waals surface area contributed by atoms with Crippen molar-refractivity contribution in [2.45, 2.75) is 0 Å². The van der Waals surface area contributed by atoms with E-state index in [2.05, 4.69) is 0 Å².